The van der Waals surface area contributed by atoms with Crippen molar-refractivity contribution in [1.82, 2.24) is 20.6 Å². The third kappa shape index (κ3) is 4.75. The first-order valence-electron chi connectivity index (χ1n) is 4.69. The van der Waals surface area contributed by atoms with E-state index in [0.29, 0.717) is 13.1 Å². The normalized spacial score (nSPS) is 9.33. The summed E-state index contributed by atoms with van der Waals surface area (Å²) in [5, 5.41) is 5.33. The van der Waals surface area contributed by atoms with Gasteiger partial charge >= 0.3 is 6.03 Å². The number of hydrogen-bond acceptors (Lipinski definition) is 3. The highest BCUT2D eigenvalue weighted by molar-refractivity contribution is 5.73. The molecule has 5 heteroatoms. The number of carbonyl (C=O) groups is 1. The fraction of sp³-hybridized carbons (Fsp3) is 0.300. The van der Waals surface area contributed by atoms with E-state index < -0.39 is 0 Å². The molecule has 0 saturated carbocycles. The summed E-state index contributed by atoms with van der Waals surface area (Å²) in [6.07, 6.45) is 7.30. The van der Waals surface area contributed by atoms with Crippen LogP contribution in [-0.2, 0) is 6.42 Å². The fourth-order valence-electron chi connectivity index (χ4n) is 1.01. The van der Waals surface area contributed by atoms with E-state index in [4.69, 9.17) is 0 Å². The van der Waals surface area contributed by atoms with Gasteiger partial charge in [0.25, 0.3) is 0 Å². The van der Waals surface area contributed by atoms with Crippen molar-refractivity contribution >= 4 is 6.03 Å². The fourth-order valence-corrected chi connectivity index (χ4v) is 1.01. The van der Waals surface area contributed by atoms with Crippen molar-refractivity contribution in [2.24, 2.45) is 0 Å². The predicted octanol–water partition coefficient (Wildman–Crippen LogP) is 0.504. The van der Waals surface area contributed by atoms with Gasteiger partial charge in [0.2, 0.25) is 0 Å². The zero-order valence-corrected chi connectivity index (χ0v) is 8.44. The molecule has 0 unspecified atom stereocenters. The molecule has 0 saturated heterocycles. The molecular formula is C10H14N4O. The Bertz CT molecular complexity index is 312. The number of rotatable bonds is 5. The molecule has 0 spiro atoms. The largest absolute Gasteiger partial charge is 0.338 e. The molecule has 80 valence electrons. The highest BCUT2D eigenvalue weighted by Gasteiger charge is 1.97. The Morgan fingerprint density at radius 1 is 1.40 bits per heavy atom. The molecule has 1 aromatic heterocycles. The van der Waals surface area contributed by atoms with Gasteiger partial charge in [0.15, 0.2) is 0 Å². The van der Waals surface area contributed by atoms with Crippen LogP contribution < -0.4 is 10.6 Å². The van der Waals surface area contributed by atoms with E-state index in [0.717, 1.165) is 12.0 Å². The molecule has 2 amide bonds. The Labute approximate surface area is 88.6 Å². The second kappa shape index (κ2) is 6.53. The lowest BCUT2D eigenvalue weighted by molar-refractivity contribution is 0.242. The minimum atomic E-state index is -0.188. The van der Waals surface area contributed by atoms with Crippen molar-refractivity contribution in [1.29, 1.82) is 0 Å². The quantitative estimate of drug-likeness (QED) is 0.689. The zero-order valence-electron chi connectivity index (χ0n) is 8.44. The Kier molecular flexibility index (Phi) is 4.86. The maximum absolute atomic E-state index is 11.1. The second-order valence-electron chi connectivity index (χ2n) is 2.92. The molecule has 1 rings (SSSR count). The van der Waals surface area contributed by atoms with Crippen molar-refractivity contribution in [2.75, 3.05) is 13.1 Å². The van der Waals surface area contributed by atoms with Gasteiger partial charge in [-0.05, 0) is 12.0 Å². The maximum Gasteiger partial charge on any atom is 0.315 e. The summed E-state index contributed by atoms with van der Waals surface area (Å²) in [7, 11) is 0. The summed E-state index contributed by atoms with van der Waals surface area (Å²) in [6.45, 7) is 4.54. The van der Waals surface area contributed by atoms with Gasteiger partial charge in [-0.3, -0.25) is 0 Å². The van der Waals surface area contributed by atoms with Crippen molar-refractivity contribution in [2.45, 2.75) is 6.42 Å². The standard InChI is InChI=1S/C10H14N4O/c1-2-4-13-10(15)14-5-3-9-6-11-8-12-7-9/h2,6-8H,1,3-5H2,(H2,13,14,15). The number of carbonyl (C=O) groups excluding carboxylic acids is 1. The molecule has 2 N–H and O–H groups in total. The molecule has 1 heterocycles. The SMILES string of the molecule is C=CCNC(=O)NCCc1cncnc1. The number of urea groups is 1. The van der Waals surface area contributed by atoms with E-state index in [9.17, 15) is 4.79 Å². The highest BCUT2D eigenvalue weighted by atomic mass is 16.2. The van der Waals surface area contributed by atoms with Gasteiger partial charge in [0.05, 0.1) is 0 Å². The maximum atomic E-state index is 11.1. The monoisotopic (exact) mass is 206 g/mol. The number of aromatic nitrogens is 2. The predicted molar refractivity (Wildman–Crippen MR) is 57.3 cm³/mol. The van der Waals surface area contributed by atoms with Crippen molar-refractivity contribution in [3.8, 4) is 0 Å². The number of hydrogen-bond donors (Lipinski definition) is 2. The Morgan fingerprint density at radius 2 is 2.13 bits per heavy atom. The third-order valence-electron chi connectivity index (χ3n) is 1.72. The summed E-state index contributed by atoms with van der Waals surface area (Å²) in [5.41, 5.74) is 1.00. The molecule has 0 atom stereocenters. The molecule has 0 radical (unpaired) electrons. The molecule has 0 aliphatic rings. The lowest BCUT2D eigenvalue weighted by Gasteiger charge is -2.05. The zero-order chi connectivity index (χ0) is 10.9. The van der Waals surface area contributed by atoms with Gasteiger partial charge < -0.3 is 10.6 Å². The van der Waals surface area contributed by atoms with Gasteiger partial charge in [-0.2, -0.15) is 0 Å². The van der Waals surface area contributed by atoms with Crippen LogP contribution in [0.25, 0.3) is 0 Å². The Morgan fingerprint density at radius 3 is 2.80 bits per heavy atom. The van der Waals surface area contributed by atoms with E-state index in [-0.39, 0.29) is 6.03 Å². The topological polar surface area (TPSA) is 66.9 Å². The van der Waals surface area contributed by atoms with Gasteiger partial charge in [-0.25, -0.2) is 14.8 Å². The van der Waals surface area contributed by atoms with E-state index >= 15 is 0 Å². The lowest BCUT2D eigenvalue weighted by atomic mass is 10.2. The summed E-state index contributed by atoms with van der Waals surface area (Å²) in [5.74, 6) is 0. The first-order valence-corrected chi connectivity index (χ1v) is 4.69. The Balaban J connectivity index is 2.16. The van der Waals surface area contributed by atoms with Crippen LogP contribution >= 0.6 is 0 Å². The minimum Gasteiger partial charge on any atom is -0.338 e. The van der Waals surface area contributed by atoms with E-state index in [1.165, 1.54) is 6.33 Å². The number of nitrogens with zero attached hydrogens (tertiary/aromatic N) is 2. The van der Waals surface area contributed by atoms with Crippen LogP contribution in [0.3, 0.4) is 0 Å². The van der Waals surface area contributed by atoms with E-state index in [1.807, 2.05) is 0 Å². The van der Waals surface area contributed by atoms with Gasteiger partial charge in [0, 0.05) is 25.5 Å². The van der Waals surface area contributed by atoms with Crippen LogP contribution in [-0.4, -0.2) is 29.1 Å². The first kappa shape index (κ1) is 11.2. The third-order valence-corrected chi connectivity index (χ3v) is 1.72. The van der Waals surface area contributed by atoms with Gasteiger partial charge in [-0.15, -0.1) is 6.58 Å². The minimum absolute atomic E-state index is 0.188. The molecule has 15 heavy (non-hydrogen) atoms. The van der Waals surface area contributed by atoms with E-state index in [2.05, 4.69) is 27.2 Å². The van der Waals surface area contributed by atoms with Crippen LogP contribution in [0.2, 0.25) is 0 Å². The van der Waals surface area contributed by atoms with E-state index in [1.54, 1.807) is 18.5 Å². The molecule has 5 nitrogen and oxygen atoms in total. The van der Waals surface area contributed by atoms with Crippen LogP contribution in [0.15, 0.2) is 31.4 Å². The average molecular weight is 206 g/mol. The average Bonchev–Trinajstić information content (AvgIpc) is 2.28. The van der Waals surface area contributed by atoms with Gasteiger partial charge in [-0.1, -0.05) is 6.08 Å². The summed E-state index contributed by atoms with van der Waals surface area (Å²) < 4.78 is 0. The van der Waals surface area contributed by atoms with Crippen molar-refractivity contribution < 1.29 is 4.79 Å². The molecule has 0 fully saturated rings. The van der Waals surface area contributed by atoms with Crippen LogP contribution in [0.1, 0.15) is 5.56 Å². The lowest BCUT2D eigenvalue weighted by Crippen LogP contribution is -2.36. The number of nitrogens with one attached hydrogen (secondary N) is 2. The summed E-state index contributed by atoms with van der Waals surface area (Å²) >= 11 is 0. The summed E-state index contributed by atoms with van der Waals surface area (Å²) in [4.78, 5) is 18.8. The van der Waals surface area contributed by atoms with Crippen LogP contribution in [0.5, 0.6) is 0 Å². The summed E-state index contributed by atoms with van der Waals surface area (Å²) in [6, 6.07) is -0.188. The number of amides is 2. The second-order valence-corrected chi connectivity index (χ2v) is 2.92. The molecule has 0 aliphatic carbocycles. The first-order chi connectivity index (χ1) is 7.33. The smallest absolute Gasteiger partial charge is 0.315 e. The molecule has 0 aromatic carbocycles. The highest BCUT2D eigenvalue weighted by Crippen LogP contribution is 1.92. The molecule has 0 aliphatic heterocycles. The van der Waals surface area contributed by atoms with Crippen molar-refractivity contribution in [3.05, 3.63) is 36.9 Å². The molecule has 0 bridgehead atoms. The molecular weight excluding hydrogens is 192 g/mol. The van der Waals surface area contributed by atoms with Crippen LogP contribution in [0.4, 0.5) is 4.79 Å². The van der Waals surface area contributed by atoms with Crippen molar-refractivity contribution in [3.63, 3.8) is 0 Å². The molecule has 1 aromatic rings. The van der Waals surface area contributed by atoms with Gasteiger partial charge in [0.1, 0.15) is 6.33 Å². The Hall–Kier alpha value is -1.91. The van der Waals surface area contributed by atoms with Crippen LogP contribution in [0, 0.1) is 0 Å².